The largest absolute Gasteiger partial charge is 0.493 e. The summed E-state index contributed by atoms with van der Waals surface area (Å²) >= 11 is 0. The molecular weight excluding hydrogens is 250 g/mol. The predicted molar refractivity (Wildman–Crippen MR) is 80.0 cm³/mol. The first-order chi connectivity index (χ1) is 9.75. The van der Waals surface area contributed by atoms with Gasteiger partial charge in [-0.15, -0.1) is 0 Å². The van der Waals surface area contributed by atoms with Crippen LogP contribution in [0.4, 0.5) is 0 Å². The van der Waals surface area contributed by atoms with E-state index < -0.39 is 0 Å². The van der Waals surface area contributed by atoms with Crippen LogP contribution in [0.3, 0.4) is 0 Å². The summed E-state index contributed by atoms with van der Waals surface area (Å²) in [6.07, 6.45) is 6.91. The van der Waals surface area contributed by atoms with Crippen molar-refractivity contribution < 1.29 is 9.47 Å². The van der Waals surface area contributed by atoms with Crippen LogP contribution in [0.5, 0.6) is 5.75 Å². The van der Waals surface area contributed by atoms with Crippen LogP contribution in [0.2, 0.25) is 0 Å². The number of ether oxygens (including phenoxy) is 2. The summed E-state index contributed by atoms with van der Waals surface area (Å²) in [6.45, 7) is 3.60. The van der Waals surface area contributed by atoms with Crippen molar-refractivity contribution in [3.63, 3.8) is 0 Å². The van der Waals surface area contributed by atoms with E-state index in [1.54, 1.807) is 0 Å². The molecule has 20 heavy (non-hydrogen) atoms. The standard InChI is InChI=1S/C17H25NO2/c1-2-20-17(9-4-3-5-10-17)16(18)14-6-7-15-13(12-14)8-11-19-15/h6-7,12,16H,2-5,8-11,18H2,1H3. The number of nitrogens with two attached hydrogens (primary N) is 1. The molecule has 1 aromatic carbocycles. The molecule has 3 nitrogen and oxygen atoms in total. The minimum Gasteiger partial charge on any atom is -0.493 e. The molecule has 0 radical (unpaired) electrons. The first-order valence-corrected chi connectivity index (χ1v) is 7.90. The van der Waals surface area contributed by atoms with Crippen LogP contribution in [0, 0.1) is 0 Å². The molecule has 1 aliphatic heterocycles. The summed E-state index contributed by atoms with van der Waals surface area (Å²) in [6, 6.07) is 6.38. The lowest BCUT2D eigenvalue weighted by atomic mass is 9.76. The van der Waals surface area contributed by atoms with Crippen molar-refractivity contribution in [3.05, 3.63) is 29.3 Å². The van der Waals surface area contributed by atoms with Crippen molar-refractivity contribution in [2.45, 2.75) is 57.1 Å². The van der Waals surface area contributed by atoms with Crippen LogP contribution in [0.25, 0.3) is 0 Å². The van der Waals surface area contributed by atoms with E-state index in [0.29, 0.717) is 0 Å². The monoisotopic (exact) mass is 275 g/mol. The van der Waals surface area contributed by atoms with E-state index >= 15 is 0 Å². The molecule has 3 heteroatoms. The fourth-order valence-electron chi connectivity index (χ4n) is 3.69. The third kappa shape index (κ3) is 2.45. The molecule has 1 fully saturated rings. The van der Waals surface area contributed by atoms with Gasteiger partial charge in [0, 0.05) is 13.0 Å². The van der Waals surface area contributed by atoms with Gasteiger partial charge in [-0.3, -0.25) is 0 Å². The molecule has 0 saturated heterocycles. The van der Waals surface area contributed by atoms with Gasteiger partial charge in [0.15, 0.2) is 0 Å². The van der Waals surface area contributed by atoms with Crippen LogP contribution in [-0.4, -0.2) is 18.8 Å². The van der Waals surface area contributed by atoms with Gasteiger partial charge in [0.25, 0.3) is 0 Å². The predicted octanol–water partition coefficient (Wildman–Crippen LogP) is 3.36. The molecule has 1 unspecified atom stereocenters. The van der Waals surface area contributed by atoms with E-state index in [4.69, 9.17) is 15.2 Å². The van der Waals surface area contributed by atoms with Gasteiger partial charge in [-0.2, -0.15) is 0 Å². The van der Waals surface area contributed by atoms with Crippen molar-refractivity contribution >= 4 is 0 Å². The summed E-state index contributed by atoms with van der Waals surface area (Å²) in [7, 11) is 0. The quantitative estimate of drug-likeness (QED) is 0.916. The summed E-state index contributed by atoms with van der Waals surface area (Å²) in [4.78, 5) is 0. The second-order valence-corrected chi connectivity index (χ2v) is 6.00. The van der Waals surface area contributed by atoms with E-state index in [1.807, 2.05) is 0 Å². The average molecular weight is 275 g/mol. The Balaban J connectivity index is 1.87. The zero-order valence-electron chi connectivity index (χ0n) is 12.4. The molecule has 1 aromatic rings. The summed E-state index contributed by atoms with van der Waals surface area (Å²) in [5.74, 6) is 1.02. The van der Waals surface area contributed by atoms with E-state index in [9.17, 15) is 0 Å². The lowest BCUT2D eigenvalue weighted by molar-refractivity contribution is -0.0830. The molecule has 110 valence electrons. The maximum absolute atomic E-state index is 6.62. The van der Waals surface area contributed by atoms with Crippen LogP contribution < -0.4 is 10.5 Å². The minimum absolute atomic E-state index is 0.0337. The lowest BCUT2D eigenvalue weighted by Gasteiger charge is -2.42. The molecule has 0 bridgehead atoms. The molecule has 1 saturated carbocycles. The Morgan fingerprint density at radius 3 is 2.85 bits per heavy atom. The molecule has 0 amide bonds. The van der Waals surface area contributed by atoms with Crippen LogP contribution in [0.1, 0.15) is 56.2 Å². The van der Waals surface area contributed by atoms with E-state index in [-0.39, 0.29) is 11.6 Å². The van der Waals surface area contributed by atoms with Gasteiger partial charge in [-0.1, -0.05) is 31.4 Å². The highest BCUT2D eigenvalue weighted by Crippen LogP contribution is 2.41. The first-order valence-electron chi connectivity index (χ1n) is 7.90. The SMILES string of the molecule is CCOC1(C(N)c2ccc3c(c2)CCO3)CCCCC1. The van der Waals surface area contributed by atoms with Gasteiger partial charge in [0.2, 0.25) is 0 Å². The third-order valence-corrected chi connectivity index (χ3v) is 4.77. The molecule has 0 spiro atoms. The molecule has 1 aliphatic carbocycles. The Labute approximate surface area is 121 Å². The Morgan fingerprint density at radius 2 is 2.10 bits per heavy atom. The molecule has 2 aliphatic rings. The highest BCUT2D eigenvalue weighted by Gasteiger charge is 2.39. The number of hydrogen-bond donors (Lipinski definition) is 1. The van der Waals surface area contributed by atoms with Crippen LogP contribution in [0.15, 0.2) is 18.2 Å². The smallest absolute Gasteiger partial charge is 0.122 e. The summed E-state index contributed by atoms with van der Waals surface area (Å²) < 4.78 is 11.7. The van der Waals surface area contributed by atoms with E-state index in [0.717, 1.165) is 38.2 Å². The molecule has 1 atom stereocenters. The number of fused-ring (bicyclic) bond motifs is 1. The second-order valence-electron chi connectivity index (χ2n) is 6.00. The molecular formula is C17H25NO2. The van der Waals surface area contributed by atoms with Crippen molar-refractivity contribution in [2.75, 3.05) is 13.2 Å². The zero-order valence-corrected chi connectivity index (χ0v) is 12.4. The fourth-order valence-corrected chi connectivity index (χ4v) is 3.69. The molecule has 2 N–H and O–H groups in total. The third-order valence-electron chi connectivity index (χ3n) is 4.77. The van der Waals surface area contributed by atoms with Gasteiger partial charge in [0.05, 0.1) is 18.2 Å². The lowest BCUT2D eigenvalue weighted by Crippen LogP contribution is -2.45. The van der Waals surface area contributed by atoms with E-state index in [1.165, 1.54) is 30.4 Å². The summed E-state index contributed by atoms with van der Waals surface area (Å²) in [5, 5.41) is 0. The van der Waals surface area contributed by atoms with Crippen molar-refractivity contribution in [1.29, 1.82) is 0 Å². The van der Waals surface area contributed by atoms with Gasteiger partial charge in [-0.05, 0) is 37.0 Å². The maximum Gasteiger partial charge on any atom is 0.122 e. The number of rotatable bonds is 4. The molecule has 1 heterocycles. The topological polar surface area (TPSA) is 44.5 Å². The Hall–Kier alpha value is -1.06. The van der Waals surface area contributed by atoms with Crippen LogP contribution >= 0.6 is 0 Å². The van der Waals surface area contributed by atoms with Crippen molar-refractivity contribution in [1.82, 2.24) is 0 Å². The Bertz CT molecular complexity index is 461. The normalized spacial score (nSPS) is 22.1. The van der Waals surface area contributed by atoms with E-state index in [2.05, 4.69) is 25.1 Å². The maximum atomic E-state index is 6.62. The van der Waals surface area contributed by atoms with Gasteiger partial charge in [0.1, 0.15) is 5.75 Å². The number of hydrogen-bond acceptors (Lipinski definition) is 3. The summed E-state index contributed by atoms with van der Waals surface area (Å²) in [5.41, 5.74) is 8.94. The van der Waals surface area contributed by atoms with Gasteiger partial charge in [-0.25, -0.2) is 0 Å². The van der Waals surface area contributed by atoms with Crippen molar-refractivity contribution in [2.24, 2.45) is 5.73 Å². The number of benzene rings is 1. The zero-order chi connectivity index (χ0) is 14.0. The van der Waals surface area contributed by atoms with Gasteiger partial charge >= 0.3 is 0 Å². The van der Waals surface area contributed by atoms with Crippen LogP contribution in [-0.2, 0) is 11.2 Å². The Morgan fingerprint density at radius 1 is 1.30 bits per heavy atom. The fraction of sp³-hybridized carbons (Fsp3) is 0.647. The van der Waals surface area contributed by atoms with Gasteiger partial charge < -0.3 is 15.2 Å². The Kier molecular flexibility index (Phi) is 3.99. The average Bonchev–Trinajstić information content (AvgIpc) is 2.95. The highest BCUT2D eigenvalue weighted by atomic mass is 16.5. The van der Waals surface area contributed by atoms with Crippen molar-refractivity contribution in [3.8, 4) is 5.75 Å². The minimum atomic E-state index is -0.166. The second kappa shape index (κ2) is 5.74. The highest BCUT2D eigenvalue weighted by molar-refractivity contribution is 5.41. The molecule has 3 rings (SSSR count). The first kappa shape index (κ1) is 13.9. The molecule has 0 aromatic heterocycles.